The van der Waals surface area contributed by atoms with Gasteiger partial charge in [-0.05, 0) is 18.5 Å². The number of amidine groups is 1. The van der Waals surface area contributed by atoms with E-state index in [1.54, 1.807) is 4.68 Å². The molecule has 0 bridgehead atoms. The topological polar surface area (TPSA) is 61.4 Å². The Balaban J connectivity index is 2.72. The van der Waals surface area contributed by atoms with Crippen molar-refractivity contribution in [2.75, 3.05) is 0 Å². The molecule has 1 aliphatic rings. The van der Waals surface area contributed by atoms with Crippen LogP contribution in [0.25, 0.3) is 0 Å². The molecular formula is C11H14ClN4O. The molecule has 6 heteroatoms. The molecule has 0 saturated heterocycles. The van der Waals surface area contributed by atoms with E-state index in [1.807, 2.05) is 6.92 Å². The minimum absolute atomic E-state index is 0.0244. The summed E-state index contributed by atoms with van der Waals surface area (Å²) in [7, 11) is 0. The van der Waals surface area contributed by atoms with Gasteiger partial charge < -0.3 is 0 Å². The van der Waals surface area contributed by atoms with Gasteiger partial charge in [-0.3, -0.25) is 9.48 Å². The molecule has 0 unspecified atom stereocenters. The van der Waals surface area contributed by atoms with Crippen LogP contribution in [0.2, 0.25) is 0 Å². The molecule has 1 radical (unpaired) electrons. The number of rotatable bonds is 1. The van der Waals surface area contributed by atoms with Crippen LogP contribution in [-0.2, 0) is 12.0 Å². The van der Waals surface area contributed by atoms with E-state index in [1.165, 1.54) is 0 Å². The first-order chi connectivity index (χ1) is 7.84. The van der Waals surface area contributed by atoms with Gasteiger partial charge in [-0.2, -0.15) is 10.4 Å². The molecule has 5 nitrogen and oxygen atoms in total. The third kappa shape index (κ3) is 1.95. The normalized spacial score (nSPS) is 15.4. The van der Waals surface area contributed by atoms with Crippen molar-refractivity contribution in [3.05, 3.63) is 11.4 Å². The van der Waals surface area contributed by atoms with Crippen molar-refractivity contribution < 1.29 is 4.79 Å². The number of fused-ring (bicyclic) bond motifs is 1. The average molecular weight is 254 g/mol. The number of carbonyl (C=O) groups is 1. The first-order valence-corrected chi connectivity index (χ1v) is 5.84. The van der Waals surface area contributed by atoms with Crippen molar-refractivity contribution in [1.29, 1.82) is 0 Å². The molecule has 0 atom stereocenters. The molecule has 0 N–H and O–H groups in total. The van der Waals surface area contributed by atoms with Crippen LogP contribution in [-0.4, -0.2) is 21.0 Å². The van der Waals surface area contributed by atoms with E-state index in [0.29, 0.717) is 17.9 Å². The lowest BCUT2D eigenvalue weighted by Gasteiger charge is -2.21. The van der Waals surface area contributed by atoms with E-state index < -0.39 is 5.91 Å². The van der Waals surface area contributed by atoms with E-state index in [9.17, 15) is 4.79 Å². The fourth-order valence-corrected chi connectivity index (χ4v) is 2.09. The monoisotopic (exact) mass is 253 g/mol. The summed E-state index contributed by atoms with van der Waals surface area (Å²) in [4.78, 5) is 15.8. The summed E-state index contributed by atoms with van der Waals surface area (Å²) < 4.78 is 1.79. The highest BCUT2D eigenvalue weighted by molar-refractivity contribution is 6.66. The summed E-state index contributed by atoms with van der Waals surface area (Å²) in [6, 6.07) is 0. The highest BCUT2D eigenvalue weighted by Crippen LogP contribution is 2.36. The van der Waals surface area contributed by atoms with Gasteiger partial charge in [0.25, 0.3) is 0 Å². The summed E-state index contributed by atoms with van der Waals surface area (Å²) in [5.74, 6) is -0.419. The van der Waals surface area contributed by atoms with Crippen LogP contribution < -0.4 is 5.32 Å². The van der Waals surface area contributed by atoms with Gasteiger partial charge in [0.15, 0.2) is 5.69 Å². The molecule has 1 aromatic rings. The molecule has 0 spiro atoms. The third-order valence-electron chi connectivity index (χ3n) is 2.54. The number of carbonyl (C=O) groups excluding carboxylic acids is 1. The van der Waals surface area contributed by atoms with Crippen molar-refractivity contribution in [2.24, 2.45) is 4.99 Å². The molecule has 1 aromatic heterocycles. The number of hydrogen-bond donors (Lipinski definition) is 0. The Kier molecular flexibility index (Phi) is 2.73. The lowest BCUT2D eigenvalue weighted by Crippen LogP contribution is -2.23. The maximum Gasteiger partial charge on any atom is 0.302 e. The van der Waals surface area contributed by atoms with Gasteiger partial charge in [-0.1, -0.05) is 20.8 Å². The van der Waals surface area contributed by atoms with Crippen molar-refractivity contribution >= 4 is 28.5 Å². The molecule has 91 valence electrons. The summed E-state index contributed by atoms with van der Waals surface area (Å²) >= 11 is 5.74. The van der Waals surface area contributed by atoms with Crippen LogP contribution in [0.15, 0.2) is 4.99 Å². The summed E-state index contributed by atoms with van der Waals surface area (Å²) in [5, 5.41) is 7.83. The lowest BCUT2D eigenvalue weighted by atomic mass is 9.90. The second-order valence-corrected chi connectivity index (χ2v) is 5.25. The van der Waals surface area contributed by atoms with Gasteiger partial charge in [0, 0.05) is 12.0 Å². The lowest BCUT2D eigenvalue weighted by molar-refractivity contribution is 0.0967. The first kappa shape index (κ1) is 12.1. The zero-order valence-corrected chi connectivity index (χ0v) is 11.0. The maximum absolute atomic E-state index is 11.7. The molecule has 2 rings (SSSR count). The number of amides is 1. The third-order valence-corrected chi connectivity index (χ3v) is 2.71. The molecule has 1 aliphatic heterocycles. The number of halogens is 1. The van der Waals surface area contributed by atoms with Gasteiger partial charge in [0.1, 0.15) is 5.69 Å². The SMILES string of the molecule is CCn1nc2c(c1C(C)(C)C)N=C(Cl)[N]C2=O. The van der Waals surface area contributed by atoms with Gasteiger partial charge in [-0.15, -0.1) is 0 Å². The van der Waals surface area contributed by atoms with Gasteiger partial charge in [-0.25, -0.2) is 4.99 Å². The van der Waals surface area contributed by atoms with Crippen LogP contribution in [0.3, 0.4) is 0 Å². The smallest absolute Gasteiger partial charge is 0.266 e. The standard InChI is InChI=1S/C11H14ClN4O/c1-5-16-8(11(2,3)4)6-7(15-16)9(17)14-10(12)13-6/h5H2,1-4H3. The molecule has 0 fully saturated rings. The number of hydrogen-bond acceptors (Lipinski definition) is 3. The second kappa shape index (κ2) is 3.84. The van der Waals surface area contributed by atoms with Crippen LogP contribution >= 0.6 is 11.6 Å². The van der Waals surface area contributed by atoms with Crippen LogP contribution in [0.5, 0.6) is 0 Å². The maximum atomic E-state index is 11.7. The Labute approximate surface area is 105 Å². The minimum atomic E-state index is -0.419. The number of aromatic nitrogens is 2. The fraction of sp³-hybridized carbons (Fsp3) is 0.545. The van der Waals surface area contributed by atoms with E-state index >= 15 is 0 Å². The van der Waals surface area contributed by atoms with Crippen LogP contribution in [0, 0.1) is 0 Å². The second-order valence-electron chi connectivity index (χ2n) is 4.91. The van der Waals surface area contributed by atoms with Gasteiger partial charge >= 0.3 is 5.91 Å². The molecular weight excluding hydrogens is 240 g/mol. The Morgan fingerprint density at radius 3 is 2.53 bits per heavy atom. The van der Waals surface area contributed by atoms with E-state index in [0.717, 1.165) is 5.69 Å². The fourth-order valence-electron chi connectivity index (χ4n) is 1.93. The highest BCUT2D eigenvalue weighted by Gasteiger charge is 2.33. The van der Waals surface area contributed by atoms with E-state index in [4.69, 9.17) is 11.6 Å². The molecule has 0 aliphatic carbocycles. The van der Waals surface area contributed by atoms with Crippen molar-refractivity contribution in [2.45, 2.75) is 39.7 Å². The number of nitrogens with zero attached hydrogens (tertiary/aromatic N) is 4. The van der Waals surface area contributed by atoms with Crippen molar-refractivity contribution in [3.63, 3.8) is 0 Å². The van der Waals surface area contributed by atoms with Crippen LogP contribution in [0.4, 0.5) is 5.69 Å². The number of aliphatic imine (C=N–C) groups is 1. The van der Waals surface area contributed by atoms with E-state index in [-0.39, 0.29) is 10.7 Å². The van der Waals surface area contributed by atoms with Gasteiger partial charge in [0.2, 0.25) is 5.29 Å². The molecule has 17 heavy (non-hydrogen) atoms. The first-order valence-electron chi connectivity index (χ1n) is 5.46. The Morgan fingerprint density at radius 1 is 1.35 bits per heavy atom. The summed E-state index contributed by atoms with van der Waals surface area (Å²) in [6.45, 7) is 8.81. The predicted octanol–water partition coefficient (Wildman–Crippen LogP) is 2.18. The minimum Gasteiger partial charge on any atom is -0.266 e. The van der Waals surface area contributed by atoms with Gasteiger partial charge in [0.05, 0.1) is 5.69 Å². The highest BCUT2D eigenvalue weighted by atomic mass is 35.5. The largest absolute Gasteiger partial charge is 0.302 e. The Morgan fingerprint density at radius 2 is 2.00 bits per heavy atom. The summed E-state index contributed by atoms with van der Waals surface area (Å²) in [5.41, 5.74) is 1.61. The van der Waals surface area contributed by atoms with Crippen LogP contribution in [0.1, 0.15) is 43.9 Å². The molecule has 0 aromatic carbocycles. The zero-order chi connectivity index (χ0) is 12.8. The van der Waals surface area contributed by atoms with Crippen molar-refractivity contribution in [3.8, 4) is 0 Å². The quantitative estimate of drug-likeness (QED) is 0.720. The zero-order valence-electron chi connectivity index (χ0n) is 10.3. The Hall–Kier alpha value is -1.36. The summed E-state index contributed by atoms with van der Waals surface area (Å²) in [6.07, 6.45) is 0. The van der Waals surface area contributed by atoms with E-state index in [2.05, 4.69) is 36.2 Å². The average Bonchev–Trinajstić information content (AvgIpc) is 2.55. The van der Waals surface area contributed by atoms with Crippen molar-refractivity contribution in [1.82, 2.24) is 15.1 Å². The predicted molar refractivity (Wildman–Crippen MR) is 66.0 cm³/mol. The number of aryl methyl sites for hydroxylation is 1. The molecule has 1 amide bonds. The Bertz CT molecular complexity index is 510. The molecule has 0 saturated carbocycles. The molecule has 2 heterocycles.